The van der Waals surface area contributed by atoms with Gasteiger partial charge in [0, 0.05) is 0 Å². The Balaban J connectivity index is 2.24. The summed E-state index contributed by atoms with van der Waals surface area (Å²) in [6.07, 6.45) is 0. The Morgan fingerprint density at radius 1 is 0.870 bits per heavy atom. The third kappa shape index (κ3) is 2.78. The van der Waals surface area contributed by atoms with E-state index in [0.717, 1.165) is 22.3 Å². The molecule has 0 unspecified atom stereocenters. The molecular weight excluding hydrogens is 307 g/mol. The molecule has 0 radical (unpaired) electrons. The van der Waals surface area contributed by atoms with Crippen LogP contribution in [0.2, 0.25) is 0 Å². The van der Waals surface area contributed by atoms with Crippen molar-refractivity contribution >= 4 is 7.60 Å². The van der Waals surface area contributed by atoms with Gasteiger partial charge in [-0.3, -0.25) is 4.57 Å². The molecule has 3 rings (SSSR count). The van der Waals surface area contributed by atoms with Crippen molar-refractivity contribution in [2.24, 2.45) is 0 Å². The van der Waals surface area contributed by atoms with Gasteiger partial charge in [0.25, 0.3) is 0 Å². The van der Waals surface area contributed by atoms with Gasteiger partial charge in [-0.25, -0.2) is 0 Å². The minimum Gasteiger partial charge on any atom is -0.308 e. The highest BCUT2D eigenvalue weighted by Gasteiger charge is 2.44. The van der Waals surface area contributed by atoms with Crippen molar-refractivity contribution in [1.82, 2.24) is 0 Å². The molecule has 0 saturated carbocycles. The van der Waals surface area contributed by atoms with Crippen molar-refractivity contribution in [2.45, 2.75) is 33.4 Å². The molecule has 0 atom stereocenters. The van der Waals surface area contributed by atoms with Crippen LogP contribution < -0.4 is 0 Å². The summed E-state index contributed by atoms with van der Waals surface area (Å²) in [6.45, 7) is 8.60. The van der Waals surface area contributed by atoms with Gasteiger partial charge in [0.1, 0.15) is 5.66 Å². The first-order valence-corrected chi connectivity index (χ1v) is 9.71. The molecule has 0 aromatic heterocycles. The van der Waals surface area contributed by atoms with Gasteiger partial charge in [-0.15, -0.1) is 0 Å². The zero-order valence-corrected chi connectivity index (χ0v) is 15.0. The topological polar surface area (TPSA) is 35.5 Å². The fraction of sp³-hybridized carbons (Fsp3) is 0.368. The lowest BCUT2D eigenvalue weighted by Crippen LogP contribution is -2.06. The number of aryl methyl sites for hydroxylation is 2. The summed E-state index contributed by atoms with van der Waals surface area (Å²) in [4.78, 5) is 0. The average molecular weight is 330 g/mol. The fourth-order valence-corrected chi connectivity index (χ4v) is 5.56. The molecule has 0 bridgehead atoms. The molecule has 4 heteroatoms. The first-order valence-electron chi connectivity index (χ1n) is 8.10. The van der Waals surface area contributed by atoms with E-state index < -0.39 is 7.60 Å². The third-order valence-corrected chi connectivity index (χ3v) is 6.66. The second-order valence-electron chi connectivity index (χ2n) is 5.96. The first kappa shape index (κ1) is 16.4. The number of benzene rings is 2. The Bertz CT molecular complexity index is 721. The summed E-state index contributed by atoms with van der Waals surface area (Å²) in [7, 11) is -3.26. The SMILES string of the molecule is CCOP(=O)(OCC)C1c2ccc(C)cc2-c2cc(C)ccc21. The zero-order chi connectivity index (χ0) is 16.6. The molecule has 3 nitrogen and oxygen atoms in total. The Hall–Kier alpha value is -1.41. The summed E-state index contributed by atoms with van der Waals surface area (Å²) in [5.74, 6) is 0. The second kappa shape index (κ2) is 6.24. The van der Waals surface area contributed by atoms with E-state index in [0.29, 0.717) is 13.2 Å². The summed E-state index contributed by atoms with van der Waals surface area (Å²) < 4.78 is 24.8. The van der Waals surface area contributed by atoms with Crippen molar-refractivity contribution in [3.05, 3.63) is 58.7 Å². The molecule has 0 N–H and O–H groups in total. The van der Waals surface area contributed by atoms with Crippen LogP contribution in [0.5, 0.6) is 0 Å². The van der Waals surface area contributed by atoms with Crippen molar-refractivity contribution in [2.75, 3.05) is 13.2 Å². The lowest BCUT2D eigenvalue weighted by Gasteiger charge is -2.24. The number of rotatable bonds is 5. The number of fused-ring (bicyclic) bond motifs is 3. The standard InChI is InChI=1S/C19H23O3P/c1-5-21-23(20,22-6-2)19-15-9-7-13(3)11-17(15)18-12-14(4)8-10-16(18)19/h7-12,19H,5-6H2,1-4H3. The smallest absolute Gasteiger partial charge is 0.308 e. The van der Waals surface area contributed by atoms with Crippen LogP contribution >= 0.6 is 7.60 Å². The van der Waals surface area contributed by atoms with E-state index in [4.69, 9.17) is 9.05 Å². The molecule has 23 heavy (non-hydrogen) atoms. The van der Waals surface area contributed by atoms with Gasteiger partial charge >= 0.3 is 7.60 Å². The van der Waals surface area contributed by atoms with Gasteiger partial charge in [0.15, 0.2) is 0 Å². The Morgan fingerprint density at radius 2 is 1.30 bits per heavy atom. The predicted molar refractivity (Wildman–Crippen MR) is 94.1 cm³/mol. The maximum atomic E-state index is 13.5. The first-order chi connectivity index (χ1) is 11.0. The van der Waals surface area contributed by atoms with Crippen molar-refractivity contribution in [3.63, 3.8) is 0 Å². The lowest BCUT2D eigenvalue weighted by molar-refractivity contribution is 0.215. The summed E-state index contributed by atoms with van der Waals surface area (Å²) in [5, 5.41) is 0. The normalized spacial score (nSPS) is 13.9. The molecule has 0 amide bonds. The fourth-order valence-electron chi connectivity index (χ4n) is 3.34. The van der Waals surface area contributed by atoms with Crippen LogP contribution in [0.15, 0.2) is 36.4 Å². The van der Waals surface area contributed by atoms with Crippen LogP contribution in [0.4, 0.5) is 0 Å². The highest BCUT2D eigenvalue weighted by atomic mass is 31.2. The maximum Gasteiger partial charge on any atom is 0.342 e. The van der Waals surface area contributed by atoms with Crippen molar-refractivity contribution < 1.29 is 13.6 Å². The molecule has 1 aliphatic carbocycles. The van der Waals surface area contributed by atoms with E-state index in [2.05, 4.69) is 50.2 Å². The van der Waals surface area contributed by atoms with E-state index in [1.165, 1.54) is 11.1 Å². The second-order valence-corrected chi connectivity index (χ2v) is 8.07. The molecule has 0 aliphatic heterocycles. The van der Waals surface area contributed by atoms with Gasteiger partial charge in [-0.2, -0.15) is 0 Å². The molecule has 2 aromatic carbocycles. The van der Waals surface area contributed by atoms with Gasteiger partial charge in [-0.1, -0.05) is 47.5 Å². The van der Waals surface area contributed by atoms with Gasteiger partial charge < -0.3 is 9.05 Å². The van der Waals surface area contributed by atoms with E-state index in [1.54, 1.807) is 0 Å². The maximum absolute atomic E-state index is 13.5. The monoisotopic (exact) mass is 330 g/mol. The lowest BCUT2D eigenvalue weighted by atomic mass is 10.0. The highest BCUT2D eigenvalue weighted by molar-refractivity contribution is 7.54. The van der Waals surface area contributed by atoms with E-state index >= 15 is 0 Å². The van der Waals surface area contributed by atoms with Gasteiger partial charge in [0.05, 0.1) is 13.2 Å². The minimum absolute atomic E-state index is 0.339. The van der Waals surface area contributed by atoms with Crippen molar-refractivity contribution in [1.29, 1.82) is 0 Å². The molecule has 1 aliphatic rings. The Morgan fingerprint density at radius 3 is 1.70 bits per heavy atom. The van der Waals surface area contributed by atoms with E-state index in [9.17, 15) is 4.57 Å². The Labute approximate surface area is 138 Å². The summed E-state index contributed by atoms with van der Waals surface area (Å²) in [6, 6.07) is 12.6. The molecule has 0 saturated heterocycles. The molecule has 0 fully saturated rings. The van der Waals surface area contributed by atoms with E-state index in [1.807, 2.05) is 13.8 Å². The predicted octanol–water partition coefficient (Wildman–Crippen LogP) is 5.64. The van der Waals surface area contributed by atoms with E-state index in [-0.39, 0.29) is 5.66 Å². The van der Waals surface area contributed by atoms with Crippen LogP contribution in [0.3, 0.4) is 0 Å². The summed E-state index contributed by atoms with van der Waals surface area (Å²) in [5.41, 5.74) is 6.43. The molecule has 122 valence electrons. The summed E-state index contributed by atoms with van der Waals surface area (Å²) >= 11 is 0. The quantitative estimate of drug-likeness (QED) is 0.666. The highest BCUT2D eigenvalue weighted by Crippen LogP contribution is 2.68. The van der Waals surface area contributed by atoms with Crippen LogP contribution in [-0.4, -0.2) is 13.2 Å². The largest absolute Gasteiger partial charge is 0.342 e. The van der Waals surface area contributed by atoms with Gasteiger partial charge in [-0.05, 0) is 49.9 Å². The molecule has 0 spiro atoms. The van der Waals surface area contributed by atoms with Crippen molar-refractivity contribution in [3.8, 4) is 11.1 Å². The molecule has 0 heterocycles. The third-order valence-electron chi connectivity index (χ3n) is 4.23. The van der Waals surface area contributed by atoms with Gasteiger partial charge in [0.2, 0.25) is 0 Å². The van der Waals surface area contributed by atoms with Crippen LogP contribution in [0, 0.1) is 13.8 Å². The van der Waals surface area contributed by atoms with Crippen LogP contribution in [0.25, 0.3) is 11.1 Å². The zero-order valence-electron chi connectivity index (χ0n) is 14.1. The van der Waals surface area contributed by atoms with Crippen LogP contribution in [-0.2, 0) is 13.6 Å². The number of hydrogen-bond acceptors (Lipinski definition) is 3. The minimum atomic E-state index is -3.26. The molecular formula is C19H23O3P. The Kier molecular flexibility index (Phi) is 4.46. The number of hydrogen-bond donors (Lipinski definition) is 0. The molecule has 2 aromatic rings. The van der Waals surface area contributed by atoms with Crippen LogP contribution in [0.1, 0.15) is 41.8 Å². The average Bonchev–Trinajstić information content (AvgIpc) is 2.81.